The minimum absolute atomic E-state index is 0. The molecule has 1 rings (SSSR count). The molecule has 0 atom stereocenters. The molecule has 0 fully saturated rings. The van der Waals surface area contributed by atoms with Crippen LogP contribution in [0.5, 0.6) is 5.75 Å². The van der Waals surface area contributed by atoms with E-state index in [1.807, 2.05) is 36.9 Å². The van der Waals surface area contributed by atoms with E-state index < -0.39 is 0 Å². The van der Waals surface area contributed by atoms with Gasteiger partial charge >= 0.3 is 0 Å². The van der Waals surface area contributed by atoms with Gasteiger partial charge in [0.05, 0.1) is 0 Å². The van der Waals surface area contributed by atoms with Crippen LogP contribution in [0.2, 0.25) is 0 Å². The maximum Gasteiger partial charge on any atom is 0.118 e. The number of phenols is 1. The van der Waals surface area contributed by atoms with E-state index in [4.69, 9.17) is 5.11 Å². The molecule has 2 heteroatoms. The second-order valence-electron chi connectivity index (χ2n) is 2.78. The van der Waals surface area contributed by atoms with E-state index in [2.05, 4.69) is 13.2 Å². The fourth-order valence-electron chi connectivity index (χ4n) is 0.768. The summed E-state index contributed by atoms with van der Waals surface area (Å²) in [6.45, 7) is 4.06. The predicted octanol–water partition coefficient (Wildman–Crippen LogP) is 4.73. The minimum Gasteiger partial charge on any atom is -0.508 e. The van der Waals surface area contributed by atoms with Crippen LogP contribution in [0.25, 0.3) is 0 Å². The first kappa shape index (κ1) is 19.9. The van der Waals surface area contributed by atoms with Gasteiger partial charge in [-0.15, -0.1) is 0 Å². The maximum atomic E-state index is 8.92. The molecule has 15 heavy (non-hydrogen) atoms. The van der Waals surface area contributed by atoms with Crippen molar-refractivity contribution in [3.63, 3.8) is 0 Å². The third kappa shape index (κ3) is 11.3. The summed E-state index contributed by atoms with van der Waals surface area (Å²) >= 11 is 1.90. The third-order valence-corrected chi connectivity index (χ3v) is 2.34. The van der Waals surface area contributed by atoms with Crippen molar-refractivity contribution in [2.75, 3.05) is 12.0 Å². The van der Waals surface area contributed by atoms with Crippen molar-refractivity contribution >= 4 is 11.8 Å². The largest absolute Gasteiger partial charge is 0.508 e. The number of hydrogen-bond acceptors (Lipinski definition) is 2. The molecule has 1 aromatic rings. The van der Waals surface area contributed by atoms with Crippen LogP contribution in [0.1, 0.15) is 33.8 Å². The van der Waals surface area contributed by atoms with E-state index in [0.717, 1.165) is 5.56 Å². The van der Waals surface area contributed by atoms with Gasteiger partial charge in [-0.3, -0.25) is 0 Å². The molecule has 1 nitrogen and oxygen atoms in total. The second-order valence-corrected chi connectivity index (χ2v) is 3.76. The highest BCUT2D eigenvalue weighted by Gasteiger charge is 1.86. The lowest BCUT2D eigenvalue weighted by molar-refractivity contribution is 0.471. The van der Waals surface area contributed by atoms with Gasteiger partial charge in [-0.2, -0.15) is 11.8 Å². The van der Waals surface area contributed by atoms with Gasteiger partial charge in [0.25, 0.3) is 0 Å². The van der Waals surface area contributed by atoms with Crippen LogP contribution in [-0.4, -0.2) is 17.1 Å². The van der Waals surface area contributed by atoms with Crippen LogP contribution in [0.3, 0.4) is 0 Å². The predicted molar refractivity (Wildman–Crippen MR) is 75.0 cm³/mol. The molecule has 0 heterocycles. The van der Waals surface area contributed by atoms with Crippen molar-refractivity contribution < 1.29 is 5.11 Å². The van der Waals surface area contributed by atoms with Crippen molar-refractivity contribution in [1.29, 1.82) is 0 Å². The highest BCUT2D eigenvalue weighted by atomic mass is 32.2. The standard InChI is InChI=1S/C7H8O.C4H10S.2CH4/c1-6-4-2-3-5-7(6)8;1-3-4-5-2;;/h2-5,8H,1H3;3-4H2,1-2H3;2*1H4. The van der Waals surface area contributed by atoms with Gasteiger partial charge in [0.15, 0.2) is 0 Å². The Bertz CT molecular complexity index is 201. The van der Waals surface area contributed by atoms with Gasteiger partial charge < -0.3 is 5.11 Å². The Morgan fingerprint density at radius 2 is 1.73 bits per heavy atom. The molecule has 0 saturated carbocycles. The Hall–Kier alpha value is -0.630. The van der Waals surface area contributed by atoms with E-state index in [0.29, 0.717) is 5.75 Å². The van der Waals surface area contributed by atoms with Gasteiger partial charge in [-0.25, -0.2) is 0 Å². The van der Waals surface area contributed by atoms with Crippen molar-refractivity contribution in [3.8, 4) is 5.75 Å². The number of thioether (sulfide) groups is 1. The summed E-state index contributed by atoms with van der Waals surface area (Å²) in [7, 11) is 0. The van der Waals surface area contributed by atoms with E-state index >= 15 is 0 Å². The molecular formula is C13H26OS. The average molecular weight is 230 g/mol. The summed E-state index contributed by atoms with van der Waals surface area (Å²) < 4.78 is 0. The van der Waals surface area contributed by atoms with Gasteiger partial charge in [-0.1, -0.05) is 40.0 Å². The molecule has 0 amide bonds. The van der Waals surface area contributed by atoms with E-state index in [9.17, 15) is 0 Å². The Kier molecular flexibility index (Phi) is 17.7. The second kappa shape index (κ2) is 13.4. The summed E-state index contributed by atoms with van der Waals surface area (Å²) in [6.07, 6.45) is 3.44. The summed E-state index contributed by atoms with van der Waals surface area (Å²) in [5.41, 5.74) is 0.924. The van der Waals surface area contributed by atoms with E-state index in [1.54, 1.807) is 6.07 Å². The monoisotopic (exact) mass is 230 g/mol. The zero-order valence-electron chi connectivity index (χ0n) is 8.58. The quantitative estimate of drug-likeness (QED) is 0.792. The normalized spacial score (nSPS) is 7.67. The van der Waals surface area contributed by atoms with Gasteiger partial charge in [0.1, 0.15) is 5.75 Å². The Morgan fingerprint density at radius 1 is 1.20 bits per heavy atom. The van der Waals surface area contributed by atoms with Crippen molar-refractivity contribution in [1.82, 2.24) is 0 Å². The zero-order valence-corrected chi connectivity index (χ0v) is 9.40. The topological polar surface area (TPSA) is 20.2 Å². The van der Waals surface area contributed by atoms with Crippen molar-refractivity contribution in [3.05, 3.63) is 29.8 Å². The molecule has 1 N–H and O–H groups in total. The Morgan fingerprint density at radius 3 is 1.93 bits per heavy atom. The van der Waals surface area contributed by atoms with Crippen LogP contribution in [-0.2, 0) is 0 Å². The molecule has 0 spiro atoms. The lowest BCUT2D eigenvalue weighted by atomic mass is 10.2. The molecule has 0 unspecified atom stereocenters. The highest BCUT2D eigenvalue weighted by molar-refractivity contribution is 7.98. The SMILES string of the molecule is C.C.CCCSC.Cc1ccccc1O. The molecule has 0 aromatic heterocycles. The third-order valence-electron chi connectivity index (χ3n) is 1.52. The fourth-order valence-corrected chi connectivity index (χ4v) is 1.18. The number of benzene rings is 1. The first-order valence-corrected chi connectivity index (χ1v) is 5.85. The molecule has 0 bridgehead atoms. The number of aryl methyl sites for hydroxylation is 1. The van der Waals surface area contributed by atoms with E-state index in [-0.39, 0.29) is 14.9 Å². The van der Waals surface area contributed by atoms with Crippen molar-refractivity contribution in [2.45, 2.75) is 35.1 Å². The van der Waals surface area contributed by atoms with Crippen LogP contribution in [0, 0.1) is 6.92 Å². The zero-order chi connectivity index (χ0) is 10.1. The van der Waals surface area contributed by atoms with Crippen molar-refractivity contribution in [2.24, 2.45) is 0 Å². The lowest BCUT2D eigenvalue weighted by Crippen LogP contribution is -1.68. The lowest BCUT2D eigenvalue weighted by Gasteiger charge is -1.92. The number of para-hydroxylation sites is 1. The summed E-state index contributed by atoms with van der Waals surface area (Å²) in [5.74, 6) is 1.67. The van der Waals surface area contributed by atoms with Crippen LogP contribution in [0.4, 0.5) is 0 Å². The average Bonchev–Trinajstić information content (AvgIpc) is 2.13. The maximum absolute atomic E-state index is 8.92. The molecule has 0 aliphatic carbocycles. The first-order valence-electron chi connectivity index (χ1n) is 4.45. The van der Waals surface area contributed by atoms with Gasteiger partial charge in [0.2, 0.25) is 0 Å². The number of rotatable bonds is 2. The summed E-state index contributed by atoms with van der Waals surface area (Å²) in [6, 6.07) is 7.25. The summed E-state index contributed by atoms with van der Waals surface area (Å²) in [5, 5.41) is 8.92. The molecule has 0 saturated heterocycles. The highest BCUT2D eigenvalue weighted by Crippen LogP contribution is 2.12. The fraction of sp³-hybridized carbons (Fsp3) is 0.538. The smallest absolute Gasteiger partial charge is 0.118 e. The first-order chi connectivity index (χ1) is 6.22. The molecule has 0 radical (unpaired) electrons. The summed E-state index contributed by atoms with van der Waals surface area (Å²) in [4.78, 5) is 0. The molecule has 90 valence electrons. The van der Waals surface area contributed by atoms with Crippen LogP contribution in [0.15, 0.2) is 24.3 Å². The van der Waals surface area contributed by atoms with Crippen LogP contribution >= 0.6 is 11.8 Å². The Balaban J connectivity index is -0.000000185. The molecule has 0 aliphatic heterocycles. The van der Waals surface area contributed by atoms with Crippen LogP contribution < -0.4 is 0 Å². The Labute approximate surface area is 99.9 Å². The molecule has 0 aliphatic rings. The van der Waals surface area contributed by atoms with Gasteiger partial charge in [0, 0.05) is 0 Å². The number of hydrogen-bond donors (Lipinski definition) is 1. The number of phenolic OH excluding ortho intramolecular Hbond substituents is 1. The number of aromatic hydroxyl groups is 1. The minimum atomic E-state index is 0. The molecular weight excluding hydrogens is 204 g/mol. The van der Waals surface area contributed by atoms with E-state index in [1.165, 1.54) is 12.2 Å². The van der Waals surface area contributed by atoms with Gasteiger partial charge in [-0.05, 0) is 37.0 Å². The molecule has 1 aromatic carbocycles.